The summed E-state index contributed by atoms with van der Waals surface area (Å²) in [6.07, 6.45) is 0.867. The molecule has 1 aliphatic heterocycles. The first-order chi connectivity index (χ1) is 11.2. The maximum absolute atomic E-state index is 11.4. The van der Waals surface area contributed by atoms with Crippen molar-refractivity contribution in [2.75, 3.05) is 39.5 Å². The molecule has 0 spiro atoms. The summed E-state index contributed by atoms with van der Waals surface area (Å²) < 4.78 is 11.1. The van der Waals surface area contributed by atoms with Crippen LogP contribution in [-0.4, -0.2) is 55.4 Å². The van der Waals surface area contributed by atoms with Crippen LogP contribution in [0.25, 0.3) is 10.8 Å². The fourth-order valence-corrected chi connectivity index (χ4v) is 2.80. The molecule has 0 bridgehead atoms. The van der Waals surface area contributed by atoms with Gasteiger partial charge in [0.15, 0.2) is 0 Å². The summed E-state index contributed by atoms with van der Waals surface area (Å²) >= 11 is 0. The van der Waals surface area contributed by atoms with Crippen molar-refractivity contribution in [2.24, 2.45) is 0 Å². The summed E-state index contributed by atoms with van der Waals surface area (Å²) in [5.74, 6) is -0.517. The lowest BCUT2D eigenvalue weighted by molar-refractivity contribution is 0.0357. The summed E-state index contributed by atoms with van der Waals surface area (Å²) in [5.41, 5.74) is 0.218. The van der Waals surface area contributed by atoms with E-state index in [2.05, 4.69) is 4.90 Å². The van der Waals surface area contributed by atoms with E-state index in [4.69, 9.17) is 9.47 Å². The molecule has 0 aliphatic carbocycles. The number of ether oxygens (including phenoxy) is 2. The Balaban J connectivity index is 1.64. The molecular formula is C18H21NO4. The van der Waals surface area contributed by atoms with Crippen molar-refractivity contribution in [1.82, 2.24) is 4.90 Å². The van der Waals surface area contributed by atoms with E-state index in [1.54, 1.807) is 6.07 Å². The number of hydrogen-bond donors (Lipinski definition) is 1. The third kappa shape index (κ3) is 4.00. The molecule has 2 aromatic carbocycles. The molecule has 0 atom stereocenters. The summed E-state index contributed by atoms with van der Waals surface area (Å²) in [6.45, 7) is 4.94. The van der Waals surface area contributed by atoms with E-state index in [0.717, 1.165) is 50.0 Å². The van der Waals surface area contributed by atoms with Gasteiger partial charge in [0.2, 0.25) is 0 Å². The Kier molecular flexibility index (Phi) is 5.10. The van der Waals surface area contributed by atoms with E-state index >= 15 is 0 Å². The highest BCUT2D eigenvalue weighted by molar-refractivity contribution is 5.97. The fourth-order valence-electron chi connectivity index (χ4n) is 2.80. The van der Waals surface area contributed by atoms with Crippen molar-refractivity contribution < 1.29 is 19.4 Å². The number of hydrogen-bond acceptors (Lipinski definition) is 4. The average Bonchev–Trinajstić information content (AvgIpc) is 2.59. The highest BCUT2D eigenvalue weighted by Gasteiger charge is 2.14. The maximum atomic E-state index is 11.4. The van der Waals surface area contributed by atoms with Crippen LogP contribution in [0.1, 0.15) is 16.8 Å². The Morgan fingerprint density at radius 2 is 1.87 bits per heavy atom. The van der Waals surface area contributed by atoms with Gasteiger partial charge < -0.3 is 14.6 Å². The van der Waals surface area contributed by atoms with Crippen molar-refractivity contribution in [3.63, 3.8) is 0 Å². The van der Waals surface area contributed by atoms with Crippen LogP contribution in [0, 0.1) is 0 Å². The van der Waals surface area contributed by atoms with Crippen LogP contribution in [0.2, 0.25) is 0 Å². The van der Waals surface area contributed by atoms with Gasteiger partial charge in [0.25, 0.3) is 0 Å². The number of nitrogens with zero attached hydrogens (tertiary/aromatic N) is 1. The van der Waals surface area contributed by atoms with Crippen molar-refractivity contribution in [2.45, 2.75) is 6.42 Å². The van der Waals surface area contributed by atoms with Gasteiger partial charge in [-0.05, 0) is 29.3 Å². The number of fused-ring (bicyclic) bond motifs is 1. The number of benzene rings is 2. The third-order valence-electron chi connectivity index (χ3n) is 4.06. The van der Waals surface area contributed by atoms with Crippen molar-refractivity contribution in [3.8, 4) is 5.75 Å². The first-order valence-corrected chi connectivity index (χ1v) is 7.93. The average molecular weight is 315 g/mol. The Labute approximate surface area is 135 Å². The van der Waals surface area contributed by atoms with Crippen LogP contribution < -0.4 is 4.74 Å². The summed E-state index contributed by atoms with van der Waals surface area (Å²) in [5, 5.41) is 11.3. The lowest BCUT2D eigenvalue weighted by Crippen LogP contribution is -2.37. The standard InChI is InChI=1S/C18H21NO4/c20-18(21)16-12-14-4-1-2-5-15(14)13-17(16)23-9-3-6-19-7-10-22-11-8-19/h1-2,4-5,12-13H,3,6-11H2,(H,20,21). The van der Waals surface area contributed by atoms with Gasteiger partial charge in [0.05, 0.1) is 19.8 Å². The number of rotatable bonds is 6. The Morgan fingerprint density at radius 1 is 1.17 bits per heavy atom. The SMILES string of the molecule is O=C(O)c1cc2ccccc2cc1OCCCN1CCOCC1. The molecule has 3 rings (SSSR count). The van der Waals surface area contributed by atoms with Gasteiger partial charge in [-0.25, -0.2) is 4.79 Å². The van der Waals surface area contributed by atoms with Crippen LogP contribution in [0.4, 0.5) is 0 Å². The lowest BCUT2D eigenvalue weighted by Gasteiger charge is -2.26. The van der Waals surface area contributed by atoms with Gasteiger partial charge >= 0.3 is 5.97 Å². The molecule has 0 unspecified atom stereocenters. The molecule has 1 saturated heterocycles. The maximum Gasteiger partial charge on any atom is 0.339 e. The monoisotopic (exact) mass is 315 g/mol. The van der Waals surface area contributed by atoms with Gasteiger partial charge in [-0.3, -0.25) is 4.90 Å². The molecule has 0 aromatic heterocycles. The molecule has 5 heteroatoms. The smallest absolute Gasteiger partial charge is 0.339 e. The van der Waals surface area contributed by atoms with Gasteiger partial charge in [0.1, 0.15) is 11.3 Å². The number of morpholine rings is 1. The molecule has 23 heavy (non-hydrogen) atoms. The molecule has 1 N–H and O–H groups in total. The van der Waals surface area contributed by atoms with E-state index in [0.29, 0.717) is 12.4 Å². The summed E-state index contributed by atoms with van der Waals surface area (Å²) in [6, 6.07) is 11.2. The van der Waals surface area contributed by atoms with Gasteiger partial charge in [-0.15, -0.1) is 0 Å². The van der Waals surface area contributed by atoms with Crippen molar-refractivity contribution >= 4 is 16.7 Å². The number of aromatic carboxylic acids is 1. The second-order valence-electron chi connectivity index (χ2n) is 5.66. The van der Waals surface area contributed by atoms with Crippen LogP contribution in [0.5, 0.6) is 5.75 Å². The molecule has 1 heterocycles. The van der Waals surface area contributed by atoms with Gasteiger partial charge in [-0.1, -0.05) is 24.3 Å². The second-order valence-corrected chi connectivity index (χ2v) is 5.66. The minimum absolute atomic E-state index is 0.218. The fraction of sp³-hybridized carbons (Fsp3) is 0.389. The third-order valence-corrected chi connectivity index (χ3v) is 4.06. The molecule has 0 radical (unpaired) electrons. The molecule has 2 aromatic rings. The number of carbonyl (C=O) groups is 1. The minimum atomic E-state index is -0.959. The van der Waals surface area contributed by atoms with Crippen LogP contribution >= 0.6 is 0 Å². The van der Waals surface area contributed by atoms with Crippen LogP contribution in [0.3, 0.4) is 0 Å². The predicted molar refractivity (Wildman–Crippen MR) is 88.3 cm³/mol. The number of carboxylic acids is 1. The largest absolute Gasteiger partial charge is 0.493 e. The summed E-state index contributed by atoms with van der Waals surface area (Å²) in [7, 11) is 0. The first kappa shape index (κ1) is 15.8. The van der Waals surface area contributed by atoms with Crippen molar-refractivity contribution in [3.05, 3.63) is 42.0 Å². The van der Waals surface area contributed by atoms with Gasteiger partial charge in [-0.2, -0.15) is 0 Å². The van der Waals surface area contributed by atoms with Crippen LogP contribution in [-0.2, 0) is 4.74 Å². The zero-order valence-electron chi connectivity index (χ0n) is 13.0. The molecule has 0 amide bonds. The molecule has 122 valence electrons. The van der Waals surface area contributed by atoms with E-state index in [9.17, 15) is 9.90 Å². The predicted octanol–water partition coefficient (Wildman–Crippen LogP) is 2.64. The molecule has 1 aliphatic rings. The molecular weight excluding hydrogens is 294 g/mol. The normalized spacial score (nSPS) is 15.7. The Bertz CT molecular complexity index is 680. The topological polar surface area (TPSA) is 59.0 Å². The highest BCUT2D eigenvalue weighted by Crippen LogP contribution is 2.26. The van der Waals surface area contributed by atoms with E-state index in [1.165, 1.54) is 0 Å². The van der Waals surface area contributed by atoms with Gasteiger partial charge in [0, 0.05) is 19.6 Å². The zero-order valence-corrected chi connectivity index (χ0v) is 13.0. The molecule has 5 nitrogen and oxygen atoms in total. The zero-order chi connectivity index (χ0) is 16.1. The number of carboxylic acid groups (broad SMARTS) is 1. The Morgan fingerprint density at radius 3 is 2.57 bits per heavy atom. The second kappa shape index (κ2) is 7.44. The quantitative estimate of drug-likeness (QED) is 0.831. The van der Waals surface area contributed by atoms with Crippen molar-refractivity contribution in [1.29, 1.82) is 0 Å². The molecule has 1 fully saturated rings. The Hall–Kier alpha value is -2.11. The lowest BCUT2D eigenvalue weighted by atomic mass is 10.1. The van der Waals surface area contributed by atoms with E-state index < -0.39 is 5.97 Å². The van der Waals surface area contributed by atoms with E-state index in [-0.39, 0.29) is 5.56 Å². The minimum Gasteiger partial charge on any atom is -0.493 e. The van der Waals surface area contributed by atoms with E-state index in [1.807, 2.05) is 30.3 Å². The van der Waals surface area contributed by atoms with Crippen LogP contribution in [0.15, 0.2) is 36.4 Å². The first-order valence-electron chi connectivity index (χ1n) is 7.93. The highest BCUT2D eigenvalue weighted by atomic mass is 16.5. The molecule has 0 saturated carbocycles. The summed E-state index contributed by atoms with van der Waals surface area (Å²) in [4.78, 5) is 13.8.